The van der Waals surface area contributed by atoms with Crippen LogP contribution in [0.5, 0.6) is 0 Å². The van der Waals surface area contributed by atoms with Crippen molar-refractivity contribution in [2.24, 2.45) is 0 Å². The molecule has 0 unspecified atom stereocenters. The van der Waals surface area contributed by atoms with Crippen molar-refractivity contribution in [2.75, 3.05) is 12.3 Å². The van der Waals surface area contributed by atoms with Gasteiger partial charge in [0.25, 0.3) is 0 Å². The number of sulfonamides is 1. The highest BCUT2D eigenvalue weighted by Crippen LogP contribution is 2.31. The Labute approximate surface area is 133 Å². The van der Waals surface area contributed by atoms with Crippen molar-refractivity contribution in [1.29, 1.82) is 0 Å². The maximum absolute atomic E-state index is 12.2. The third-order valence-electron chi connectivity index (χ3n) is 2.72. The number of hydrogen-bond donors (Lipinski definition) is 2. The van der Waals surface area contributed by atoms with Crippen molar-refractivity contribution < 1.29 is 8.42 Å². The zero-order chi connectivity index (χ0) is 15.5. The Morgan fingerprint density at radius 2 is 1.90 bits per heavy atom. The molecule has 1 heterocycles. The normalized spacial score (nSPS) is 11.5. The fourth-order valence-corrected chi connectivity index (χ4v) is 4.04. The quantitative estimate of drug-likeness (QED) is 0.815. The van der Waals surface area contributed by atoms with Gasteiger partial charge in [-0.15, -0.1) is 0 Å². The van der Waals surface area contributed by atoms with Crippen LogP contribution >= 0.6 is 23.2 Å². The number of nitrogen functional groups attached to an aromatic ring is 1. The largest absolute Gasteiger partial charge is 0.399 e. The van der Waals surface area contributed by atoms with Gasteiger partial charge in [0.05, 0.1) is 10.0 Å². The Morgan fingerprint density at radius 3 is 2.48 bits per heavy atom. The Balaban J connectivity index is 2.12. The maximum Gasteiger partial charge on any atom is 0.243 e. The lowest BCUT2D eigenvalue weighted by Gasteiger charge is -2.10. The Hall–Kier alpha value is -1.34. The predicted octanol–water partition coefficient (Wildman–Crippen LogP) is 2.49. The molecule has 112 valence electrons. The summed E-state index contributed by atoms with van der Waals surface area (Å²) in [4.78, 5) is 3.80. The van der Waals surface area contributed by atoms with Crippen LogP contribution in [0.1, 0.15) is 5.56 Å². The van der Waals surface area contributed by atoms with Crippen LogP contribution in [-0.2, 0) is 16.4 Å². The zero-order valence-corrected chi connectivity index (χ0v) is 13.2. The Morgan fingerprint density at radius 1 is 1.24 bits per heavy atom. The van der Waals surface area contributed by atoms with E-state index in [2.05, 4.69) is 9.71 Å². The summed E-state index contributed by atoms with van der Waals surface area (Å²) in [5.74, 6) is 0. The molecule has 0 radical (unpaired) electrons. The first-order valence-electron chi connectivity index (χ1n) is 6.03. The third kappa shape index (κ3) is 4.07. The van der Waals surface area contributed by atoms with Crippen LogP contribution in [0.15, 0.2) is 41.6 Å². The smallest absolute Gasteiger partial charge is 0.243 e. The molecule has 1 aromatic heterocycles. The van der Waals surface area contributed by atoms with Crippen LogP contribution in [0, 0.1) is 0 Å². The van der Waals surface area contributed by atoms with Crippen molar-refractivity contribution in [1.82, 2.24) is 9.71 Å². The van der Waals surface area contributed by atoms with Gasteiger partial charge < -0.3 is 5.73 Å². The fraction of sp³-hybridized carbons (Fsp3) is 0.154. The number of aromatic nitrogens is 1. The molecule has 8 heteroatoms. The van der Waals surface area contributed by atoms with Gasteiger partial charge in [-0.2, -0.15) is 0 Å². The number of pyridine rings is 1. The van der Waals surface area contributed by atoms with Gasteiger partial charge in [0.1, 0.15) is 4.90 Å². The molecule has 0 bridgehead atoms. The van der Waals surface area contributed by atoms with E-state index in [1.807, 2.05) is 6.07 Å². The summed E-state index contributed by atoms with van der Waals surface area (Å²) >= 11 is 11.8. The Kier molecular flexibility index (Phi) is 5.05. The second-order valence-electron chi connectivity index (χ2n) is 4.32. The van der Waals surface area contributed by atoms with Gasteiger partial charge in [0.15, 0.2) is 0 Å². The minimum atomic E-state index is -3.80. The van der Waals surface area contributed by atoms with Crippen LogP contribution in [0.25, 0.3) is 0 Å². The molecule has 1 aromatic carbocycles. The van der Waals surface area contributed by atoms with Crippen LogP contribution < -0.4 is 10.5 Å². The number of nitrogens with zero attached hydrogens (tertiary/aromatic N) is 1. The van der Waals surface area contributed by atoms with E-state index < -0.39 is 10.0 Å². The number of benzene rings is 1. The molecular formula is C13H13Cl2N3O2S. The lowest BCUT2D eigenvalue weighted by Crippen LogP contribution is -2.26. The summed E-state index contributed by atoms with van der Waals surface area (Å²) in [6, 6.07) is 6.36. The van der Waals surface area contributed by atoms with Gasteiger partial charge in [-0.3, -0.25) is 4.98 Å². The number of rotatable bonds is 5. The minimum absolute atomic E-state index is 0.00567. The standard InChI is InChI=1S/C13H13Cl2N3O2S/c14-11-6-10(16)7-12(15)13(11)21(19,20)18-5-3-9-2-1-4-17-8-9/h1-2,4,6-8,18H,3,5,16H2. The van der Waals surface area contributed by atoms with Crippen molar-refractivity contribution >= 4 is 38.9 Å². The first-order chi connectivity index (χ1) is 9.90. The summed E-state index contributed by atoms with van der Waals surface area (Å²) in [6.45, 7) is 0.213. The third-order valence-corrected chi connectivity index (χ3v) is 5.10. The first kappa shape index (κ1) is 16.0. The molecule has 3 N–H and O–H groups in total. The molecule has 0 aliphatic heterocycles. The van der Waals surface area contributed by atoms with Crippen LogP contribution in [0.3, 0.4) is 0 Å². The van der Waals surface area contributed by atoms with E-state index in [1.54, 1.807) is 18.5 Å². The molecule has 0 saturated carbocycles. The van der Waals surface area contributed by atoms with Crippen molar-refractivity contribution in [3.05, 3.63) is 52.3 Å². The molecule has 0 spiro atoms. The number of nitrogens with two attached hydrogens (primary N) is 1. The van der Waals surface area contributed by atoms with E-state index in [0.29, 0.717) is 12.1 Å². The highest BCUT2D eigenvalue weighted by molar-refractivity contribution is 7.89. The van der Waals surface area contributed by atoms with Gasteiger partial charge in [0, 0.05) is 24.6 Å². The van der Waals surface area contributed by atoms with E-state index >= 15 is 0 Å². The molecule has 0 saturated heterocycles. The van der Waals surface area contributed by atoms with E-state index in [0.717, 1.165) is 5.56 Å². The fourth-order valence-electron chi connectivity index (χ4n) is 1.78. The second-order valence-corrected chi connectivity index (χ2v) is 6.84. The summed E-state index contributed by atoms with van der Waals surface area (Å²) in [5.41, 5.74) is 6.79. The molecule has 0 aliphatic rings. The summed E-state index contributed by atoms with van der Waals surface area (Å²) in [6.07, 6.45) is 3.84. The molecule has 0 fully saturated rings. The average molecular weight is 346 g/mol. The van der Waals surface area contributed by atoms with Gasteiger partial charge in [0.2, 0.25) is 10.0 Å². The molecule has 2 rings (SSSR count). The molecule has 2 aromatic rings. The first-order valence-corrected chi connectivity index (χ1v) is 8.27. The van der Waals surface area contributed by atoms with E-state index in [9.17, 15) is 8.42 Å². The topological polar surface area (TPSA) is 85.1 Å². The molecule has 5 nitrogen and oxygen atoms in total. The summed E-state index contributed by atoms with van der Waals surface area (Å²) < 4.78 is 26.9. The van der Waals surface area contributed by atoms with Crippen LogP contribution in [-0.4, -0.2) is 19.9 Å². The zero-order valence-electron chi connectivity index (χ0n) is 10.9. The van der Waals surface area contributed by atoms with Gasteiger partial charge >= 0.3 is 0 Å². The number of nitrogens with one attached hydrogen (secondary N) is 1. The molecular weight excluding hydrogens is 333 g/mol. The average Bonchev–Trinajstić information content (AvgIpc) is 2.38. The predicted molar refractivity (Wildman–Crippen MR) is 84.0 cm³/mol. The number of hydrogen-bond acceptors (Lipinski definition) is 4. The molecule has 0 atom stereocenters. The monoisotopic (exact) mass is 345 g/mol. The van der Waals surface area contributed by atoms with Crippen molar-refractivity contribution in [3.8, 4) is 0 Å². The lowest BCUT2D eigenvalue weighted by molar-refractivity contribution is 0.582. The number of anilines is 1. The van der Waals surface area contributed by atoms with Crippen LogP contribution in [0.4, 0.5) is 5.69 Å². The lowest BCUT2D eigenvalue weighted by atomic mass is 10.2. The maximum atomic E-state index is 12.2. The van der Waals surface area contributed by atoms with E-state index in [4.69, 9.17) is 28.9 Å². The van der Waals surface area contributed by atoms with Crippen molar-refractivity contribution in [2.45, 2.75) is 11.3 Å². The SMILES string of the molecule is Nc1cc(Cl)c(S(=O)(=O)NCCc2cccnc2)c(Cl)c1. The van der Waals surface area contributed by atoms with Gasteiger partial charge in [-0.05, 0) is 30.2 Å². The van der Waals surface area contributed by atoms with E-state index in [-0.39, 0.29) is 21.5 Å². The molecule has 0 amide bonds. The number of halogens is 2. The Bertz CT molecular complexity index is 713. The minimum Gasteiger partial charge on any atom is -0.399 e. The second kappa shape index (κ2) is 6.62. The molecule has 0 aliphatic carbocycles. The summed E-state index contributed by atoms with van der Waals surface area (Å²) in [7, 11) is -3.80. The van der Waals surface area contributed by atoms with E-state index in [1.165, 1.54) is 12.1 Å². The molecule has 21 heavy (non-hydrogen) atoms. The summed E-state index contributed by atoms with van der Waals surface area (Å²) in [5, 5.41) is -0.0113. The van der Waals surface area contributed by atoms with Crippen molar-refractivity contribution in [3.63, 3.8) is 0 Å². The highest BCUT2D eigenvalue weighted by atomic mass is 35.5. The van der Waals surface area contributed by atoms with Gasteiger partial charge in [-0.25, -0.2) is 13.1 Å². The van der Waals surface area contributed by atoms with Gasteiger partial charge in [-0.1, -0.05) is 29.3 Å². The highest BCUT2D eigenvalue weighted by Gasteiger charge is 2.21. The van der Waals surface area contributed by atoms with Crippen LogP contribution in [0.2, 0.25) is 10.0 Å².